The second-order valence-corrected chi connectivity index (χ2v) is 4.36. The summed E-state index contributed by atoms with van der Waals surface area (Å²) in [5.74, 6) is 0. The van der Waals surface area contributed by atoms with Crippen LogP contribution in [0.4, 0.5) is 5.69 Å². The van der Waals surface area contributed by atoms with Gasteiger partial charge in [0.25, 0.3) is 0 Å². The largest absolute Gasteiger partial charge is 0.380 e. The number of halogens is 1. The van der Waals surface area contributed by atoms with Crippen LogP contribution >= 0.6 is 11.6 Å². The Morgan fingerprint density at radius 3 is 2.78 bits per heavy atom. The van der Waals surface area contributed by atoms with Gasteiger partial charge in [-0.2, -0.15) is 0 Å². The first-order valence-electron chi connectivity index (χ1n) is 5.70. The Morgan fingerprint density at radius 1 is 1.22 bits per heavy atom. The summed E-state index contributed by atoms with van der Waals surface area (Å²) in [4.78, 5) is 4.02. The summed E-state index contributed by atoms with van der Waals surface area (Å²) >= 11 is 5.73. The van der Waals surface area contributed by atoms with Gasteiger partial charge in [-0.05, 0) is 23.3 Å². The van der Waals surface area contributed by atoms with Crippen molar-refractivity contribution in [3.05, 3.63) is 58.9 Å². The summed E-state index contributed by atoms with van der Waals surface area (Å²) in [6.45, 7) is 1.39. The monoisotopic (exact) mass is 262 g/mol. The molecule has 0 spiro atoms. The average molecular weight is 263 g/mol. The number of rotatable bonds is 5. The van der Waals surface area contributed by atoms with E-state index >= 15 is 0 Å². The van der Waals surface area contributed by atoms with E-state index in [4.69, 9.17) is 16.3 Å². The van der Waals surface area contributed by atoms with Crippen molar-refractivity contribution >= 4 is 17.3 Å². The van der Waals surface area contributed by atoms with Crippen LogP contribution in [0, 0.1) is 0 Å². The number of pyridine rings is 1. The molecule has 1 aromatic heterocycles. The van der Waals surface area contributed by atoms with E-state index in [2.05, 4.69) is 28.5 Å². The van der Waals surface area contributed by atoms with E-state index in [0.717, 1.165) is 12.2 Å². The molecule has 1 heterocycles. The Labute approximate surface area is 112 Å². The molecule has 0 radical (unpaired) electrons. The van der Waals surface area contributed by atoms with Crippen LogP contribution < -0.4 is 5.32 Å². The summed E-state index contributed by atoms with van der Waals surface area (Å²) in [5.41, 5.74) is 3.34. The van der Waals surface area contributed by atoms with Gasteiger partial charge < -0.3 is 10.1 Å². The minimum absolute atomic E-state index is 0.502. The third kappa shape index (κ3) is 3.72. The lowest BCUT2D eigenvalue weighted by molar-refractivity contribution is 0.185. The normalized spacial score (nSPS) is 10.3. The Morgan fingerprint density at radius 2 is 2.06 bits per heavy atom. The quantitative estimate of drug-likeness (QED) is 0.838. The van der Waals surface area contributed by atoms with Gasteiger partial charge in [-0.1, -0.05) is 35.9 Å². The molecule has 1 aromatic carbocycles. The smallest absolute Gasteiger partial charge is 0.129 e. The fourth-order valence-electron chi connectivity index (χ4n) is 1.68. The first-order chi connectivity index (χ1) is 8.78. The molecule has 2 rings (SSSR count). The molecule has 4 heteroatoms. The molecular formula is C14H15ClN2O. The third-order valence-electron chi connectivity index (χ3n) is 2.53. The molecule has 0 saturated heterocycles. The van der Waals surface area contributed by atoms with Gasteiger partial charge in [0.05, 0.1) is 18.5 Å². The maximum atomic E-state index is 5.73. The zero-order valence-corrected chi connectivity index (χ0v) is 10.9. The highest BCUT2D eigenvalue weighted by molar-refractivity contribution is 6.29. The predicted molar refractivity (Wildman–Crippen MR) is 73.7 cm³/mol. The summed E-state index contributed by atoms with van der Waals surface area (Å²) in [7, 11) is 1.70. The van der Waals surface area contributed by atoms with Crippen LogP contribution in [0.15, 0.2) is 42.6 Å². The van der Waals surface area contributed by atoms with Crippen LogP contribution in [0.5, 0.6) is 0 Å². The van der Waals surface area contributed by atoms with Crippen molar-refractivity contribution in [1.82, 2.24) is 4.98 Å². The Kier molecular flexibility index (Phi) is 4.56. The van der Waals surface area contributed by atoms with E-state index < -0.39 is 0 Å². The van der Waals surface area contributed by atoms with Crippen LogP contribution in [0.3, 0.4) is 0 Å². The molecule has 0 amide bonds. The molecule has 2 aromatic rings. The third-order valence-corrected chi connectivity index (χ3v) is 2.75. The van der Waals surface area contributed by atoms with Gasteiger partial charge in [-0.25, -0.2) is 4.98 Å². The lowest BCUT2D eigenvalue weighted by Crippen LogP contribution is -2.00. The van der Waals surface area contributed by atoms with Crippen LogP contribution in [0.25, 0.3) is 0 Å². The number of ether oxygens (including phenoxy) is 1. The number of nitrogens with zero attached hydrogens (tertiary/aromatic N) is 1. The first-order valence-corrected chi connectivity index (χ1v) is 6.08. The Hall–Kier alpha value is -1.58. The van der Waals surface area contributed by atoms with E-state index in [0.29, 0.717) is 11.8 Å². The van der Waals surface area contributed by atoms with E-state index in [1.165, 1.54) is 11.1 Å². The molecule has 0 aliphatic heterocycles. The minimum Gasteiger partial charge on any atom is -0.380 e. The van der Waals surface area contributed by atoms with Crippen LogP contribution in [0.1, 0.15) is 11.1 Å². The maximum absolute atomic E-state index is 5.73. The highest BCUT2D eigenvalue weighted by Crippen LogP contribution is 2.12. The number of methoxy groups -OCH3 is 1. The van der Waals surface area contributed by atoms with Gasteiger partial charge in [-0.3, -0.25) is 0 Å². The Bertz CT molecular complexity index is 499. The fraction of sp³-hybridized carbons (Fsp3) is 0.214. The van der Waals surface area contributed by atoms with Crippen molar-refractivity contribution in [2.45, 2.75) is 13.2 Å². The molecule has 0 bridgehead atoms. The number of nitrogens with one attached hydrogen (secondary N) is 1. The van der Waals surface area contributed by atoms with E-state index in [-0.39, 0.29) is 0 Å². The summed E-state index contributed by atoms with van der Waals surface area (Å²) in [6.07, 6.45) is 1.72. The van der Waals surface area contributed by atoms with Crippen LogP contribution in [-0.4, -0.2) is 12.1 Å². The van der Waals surface area contributed by atoms with Gasteiger partial charge in [0, 0.05) is 13.7 Å². The molecule has 94 valence electrons. The molecule has 3 nitrogen and oxygen atoms in total. The summed E-state index contributed by atoms with van der Waals surface area (Å²) < 4.78 is 5.11. The van der Waals surface area contributed by atoms with Crippen molar-refractivity contribution in [2.75, 3.05) is 12.4 Å². The molecule has 0 aliphatic carbocycles. The fourth-order valence-corrected chi connectivity index (χ4v) is 1.79. The lowest BCUT2D eigenvalue weighted by Gasteiger charge is -2.07. The number of hydrogen-bond donors (Lipinski definition) is 1. The summed E-state index contributed by atoms with van der Waals surface area (Å²) in [5, 5.41) is 3.80. The first kappa shape index (κ1) is 12.9. The molecule has 0 unspecified atom stereocenters. The van der Waals surface area contributed by atoms with E-state index in [1.54, 1.807) is 19.4 Å². The van der Waals surface area contributed by atoms with Gasteiger partial charge in [0.2, 0.25) is 0 Å². The predicted octanol–water partition coefficient (Wildman–Crippen LogP) is 3.49. The molecule has 18 heavy (non-hydrogen) atoms. The Balaban J connectivity index is 1.97. The summed E-state index contributed by atoms with van der Waals surface area (Å²) in [6, 6.07) is 12.0. The number of anilines is 1. The number of aromatic nitrogens is 1. The lowest BCUT2D eigenvalue weighted by atomic mass is 10.1. The molecule has 0 atom stereocenters. The van der Waals surface area contributed by atoms with Gasteiger partial charge in [-0.15, -0.1) is 0 Å². The highest BCUT2D eigenvalue weighted by atomic mass is 35.5. The molecule has 0 fully saturated rings. The van der Waals surface area contributed by atoms with Crippen LogP contribution in [-0.2, 0) is 17.9 Å². The SMILES string of the molecule is COCc1cccc(CNc2ccc(Cl)nc2)c1. The average Bonchev–Trinajstić information content (AvgIpc) is 2.39. The van der Waals surface area contributed by atoms with Gasteiger partial charge in [0.1, 0.15) is 5.15 Å². The van der Waals surface area contributed by atoms with Crippen molar-refractivity contribution < 1.29 is 4.74 Å². The topological polar surface area (TPSA) is 34.1 Å². The van der Waals surface area contributed by atoms with Gasteiger partial charge in [0.15, 0.2) is 0 Å². The second kappa shape index (κ2) is 6.38. The van der Waals surface area contributed by atoms with Crippen molar-refractivity contribution in [3.63, 3.8) is 0 Å². The zero-order valence-electron chi connectivity index (χ0n) is 10.2. The standard InChI is InChI=1S/C14H15ClN2O/c1-18-10-12-4-2-3-11(7-12)8-16-13-5-6-14(15)17-9-13/h2-7,9,16H,8,10H2,1H3. The number of hydrogen-bond acceptors (Lipinski definition) is 3. The minimum atomic E-state index is 0.502. The second-order valence-electron chi connectivity index (χ2n) is 3.98. The van der Waals surface area contributed by atoms with Crippen LogP contribution in [0.2, 0.25) is 5.15 Å². The van der Waals surface area contributed by atoms with E-state index in [9.17, 15) is 0 Å². The molecule has 1 N–H and O–H groups in total. The van der Waals surface area contributed by atoms with Gasteiger partial charge >= 0.3 is 0 Å². The van der Waals surface area contributed by atoms with E-state index in [1.807, 2.05) is 12.1 Å². The molecule has 0 saturated carbocycles. The highest BCUT2D eigenvalue weighted by Gasteiger charge is 1.97. The van der Waals surface area contributed by atoms with Crippen molar-refractivity contribution in [2.24, 2.45) is 0 Å². The number of benzene rings is 1. The van der Waals surface area contributed by atoms with Crippen molar-refractivity contribution in [1.29, 1.82) is 0 Å². The molecule has 0 aliphatic rings. The maximum Gasteiger partial charge on any atom is 0.129 e. The van der Waals surface area contributed by atoms with Crippen molar-refractivity contribution in [3.8, 4) is 0 Å². The molecular weight excluding hydrogens is 248 g/mol. The zero-order chi connectivity index (χ0) is 12.8.